The van der Waals surface area contributed by atoms with E-state index in [0.29, 0.717) is 18.6 Å². The molecule has 0 aliphatic rings. The second-order valence-corrected chi connectivity index (χ2v) is 4.50. The second-order valence-electron chi connectivity index (χ2n) is 3.47. The van der Waals surface area contributed by atoms with E-state index in [1.54, 1.807) is 11.3 Å². The Labute approximate surface area is 107 Å². The Kier molecular flexibility index (Phi) is 3.69. The predicted octanol–water partition coefficient (Wildman–Crippen LogP) is 3.05. The number of rotatable bonds is 5. The number of thiophene rings is 1. The molecular formula is C12H9NO4S. The summed E-state index contributed by atoms with van der Waals surface area (Å²) in [5, 5.41) is 12.5. The van der Waals surface area contributed by atoms with E-state index >= 15 is 0 Å². The molecule has 0 atom stereocenters. The molecule has 0 bridgehead atoms. The number of aldehydes is 1. The summed E-state index contributed by atoms with van der Waals surface area (Å²) in [6, 6.07) is 7.78. The van der Waals surface area contributed by atoms with Crippen LogP contribution in [0.1, 0.15) is 15.2 Å². The number of non-ortho nitro benzene ring substituents is 1. The van der Waals surface area contributed by atoms with Gasteiger partial charge in [0.1, 0.15) is 12.4 Å². The Balaban J connectivity index is 2.17. The molecule has 0 spiro atoms. The Hall–Kier alpha value is -2.21. The van der Waals surface area contributed by atoms with Crippen molar-refractivity contribution in [1.82, 2.24) is 0 Å². The van der Waals surface area contributed by atoms with Crippen LogP contribution in [-0.4, -0.2) is 11.2 Å². The van der Waals surface area contributed by atoms with E-state index in [0.717, 1.165) is 4.88 Å². The van der Waals surface area contributed by atoms with Crippen molar-refractivity contribution >= 4 is 23.3 Å². The van der Waals surface area contributed by atoms with Crippen molar-refractivity contribution in [2.45, 2.75) is 6.61 Å². The topological polar surface area (TPSA) is 69.4 Å². The van der Waals surface area contributed by atoms with Crippen LogP contribution in [0.3, 0.4) is 0 Å². The zero-order valence-corrected chi connectivity index (χ0v) is 10.1. The highest BCUT2D eigenvalue weighted by Crippen LogP contribution is 2.24. The molecule has 0 amide bonds. The van der Waals surface area contributed by atoms with Gasteiger partial charge in [-0.05, 0) is 17.5 Å². The number of carbonyl (C=O) groups excluding carboxylic acids is 1. The maximum absolute atomic E-state index is 10.9. The monoisotopic (exact) mass is 263 g/mol. The zero-order chi connectivity index (χ0) is 13.0. The second kappa shape index (κ2) is 5.42. The van der Waals surface area contributed by atoms with E-state index < -0.39 is 4.92 Å². The van der Waals surface area contributed by atoms with Crippen molar-refractivity contribution in [2.75, 3.05) is 0 Å². The highest BCUT2D eigenvalue weighted by atomic mass is 32.1. The van der Waals surface area contributed by atoms with Crippen LogP contribution in [0.15, 0.2) is 35.7 Å². The molecule has 2 rings (SSSR count). The first-order chi connectivity index (χ1) is 8.70. The van der Waals surface area contributed by atoms with Crippen LogP contribution < -0.4 is 4.74 Å². The van der Waals surface area contributed by atoms with Crippen molar-refractivity contribution in [1.29, 1.82) is 0 Å². The summed E-state index contributed by atoms with van der Waals surface area (Å²) in [5.74, 6) is 0.351. The number of carbonyl (C=O) groups is 1. The lowest BCUT2D eigenvalue weighted by Crippen LogP contribution is -1.98. The lowest BCUT2D eigenvalue weighted by molar-refractivity contribution is -0.384. The Morgan fingerprint density at radius 3 is 2.83 bits per heavy atom. The smallest absolute Gasteiger partial charge is 0.270 e. The molecule has 92 valence electrons. The Morgan fingerprint density at radius 1 is 1.39 bits per heavy atom. The number of nitro benzene ring substituents is 1. The fourth-order valence-corrected chi connectivity index (χ4v) is 2.03. The van der Waals surface area contributed by atoms with E-state index in [1.807, 2.05) is 17.5 Å². The van der Waals surface area contributed by atoms with Gasteiger partial charge in [0.15, 0.2) is 6.29 Å². The third-order valence-electron chi connectivity index (χ3n) is 2.28. The molecule has 0 radical (unpaired) electrons. The maximum Gasteiger partial charge on any atom is 0.270 e. The SMILES string of the molecule is O=Cc1cc([N+](=O)[O-])ccc1OCc1cccs1. The van der Waals surface area contributed by atoms with Crippen molar-refractivity contribution in [3.8, 4) is 5.75 Å². The van der Waals surface area contributed by atoms with E-state index in [9.17, 15) is 14.9 Å². The van der Waals surface area contributed by atoms with Crippen LogP contribution in [0.25, 0.3) is 0 Å². The Morgan fingerprint density at radius 2 is 2.22 bits per heavy atom. The molecule has 0 aliphatic carbocycles. The van der Waals surface area contributed by atoms with Crippen LogP contribution in [0, 0.1) is 10.1 Å². The van der Waals surface area contributed by atoms with Gasteiger partial charge in [-0.1, -0.05) is 6.07 Å². The largest absolute Gasteiger partial charge is 0.487 e. The first-order valence-corrected chi connectivity index (χ1v) is 5.97. The van der Waals surface area contributed by atoms with Gasteiger partial charge in [-0.25, -0.2) is 0 Å². The minimum Gasteiger partial charge on any atom is -0.487 e. The number of hydrogen-bond donors (Lipinski definition) is 0. The van der Waals surface area contributed by atoms with Gasteiger partial charge in [-0.3, -0.25) is 14.9 Å². The summed E-state index contributed by atoms with van der Waals surface area (Å²) in [5.41, 5.74) is 0.0568. The minimum absolute atomic E-state index is 0.124. The van der Waals surface area contributed by atoms with E-state index in [-0.39, 0.29) is 11.3 Å². The van der Waals surface area contributed by atoms with Crippen molar-refractivity contribution < 1.29 is 14.5 Å². The van der Waals surface area contributed by atoms with Crippen LogP contribution in [0.4, 0.5) is 5.69 Å². The third-order valence-corrected chi connectivity index (χ3v) is 3.13. The van der Waals surface area contributed by atoms with Crippen LogP contribution in [0.2, 0.25) is 0 Å². The van der Waals surface area contributed by atoms with Crippen LogP contribution in [0.5, 0.6) is 5.75 Å². The van der Waals surface area contributed by atoms with Crippen LogP contribution >= 0.6 is 11.3 Å². The van der Waals surface area contributed by atoms with Gasteiger partial charge in [0, 0.05) is 17.0 Å². The summed E-state index contributed by atoms with van der Waals surface area (Å²) in [4.78, 5) is 21.9. The van der Waals surface area contributed by atoms with Crippen molar-refractivity contribution in [2.24, 2.45) is 0 Å². The van der Waals surface area contributed by atoms with E-state index in [2.05, 4.69) is 0 Å². The average Bonchev–Trinajstić information content (AvgIpc) is 2.89. The molecule has 0 saturated carbocycles. The normalized spacial score (nSPS) is 10.0. The summed E-state index contributed by atoms with van der Waals surface area (Å²) >= 11 is 1.54. The molecule has 1 heterocycles. The van der Waals surface area contributed by atoms with Gasteiger partial charge < -0.3 is 4.74 Å². The first kappa shape index (κ1) is 12.3. The number of nitro groups is 1. The van der Waals surface area contributed by atoms with Crippen LogP contribution in [-0.2, 0) is 6.61 Å². The van der Waals surface area contributed by atoms with E-state index in [1.165, 1.54) is 18.2 Å². The summed E-state index contributed by atoms with van der Waals surface area (Å²) in [6.07, 6.45) is 0.552. The molecule has 1 aromatic carbocycles. The van der Waals surface area contributed by atoms with Gasteiger partial charge in [-0.2, -0.15) is 0 Å². The standard InChI is InChI=1S/C12H9NO4S/c14-7-9-6-10(13(15)16)3-4-12(9)17-8-11-2-1-5-18-11/h1-7H,8H2. The number of ether oxygens (including phenoxy) is 1. The highest BCUT2D eigenvalue weighted by Gasteiger charge is 2.11. The lowest BCUT2D eigenvalue weighted by Gasteiger charge is -2.06. The molecule has 5 nitrogen and oxygen atoms in total. The number of nitrogens with zero attached hydrogens (tertiary/aromatic N) is 1. The molecular weight excluding hydrogens is 254 g/mol. The lowest BCUT2D eigenvalue weighted by atomic mass is 10.2. The maximum atomic E-state index is 10.9. The Bertz CT molecular complexity index is 565. The molecule has 1 aromatic heterocycles. The predicted molar refractivity (Wildman–Crippen MR) is 67.1 cm³/mol. The summed E-state index contributed by atoms with van der Waals surface area (Å²) in [7, 11) is 0. The molecule has 0 unspecified atom stereocenters. The van der Waals surface area contributed by atoms with Gasteiger partial charge in [-0.15, -0.1) is 11.3 Å². The van der Waals surface area contributed by atoms with Gasteiger partial charge >= 0.3 is 0 Å². The van der Waals surface area contributed by atoms with E-state index in [4.69, 9.17) is 4.74 Å². The fraction of sp³-hybridized carbons (Fsp3) is 0.0833. The summed E-state index contributed by atoms with van der Waals surface area (Å²) in [6.45, 7) is 0.344. The van der Waals surface area contributed by atoms with Crippen molar-refractivity contribution in [3.05, 3.63) is 56.3 Å². The summed E-state index contributed by atoms with van der Waals surface area (Å²) < 4.78 is 5.46. The minimum atomic E-state index is -0.546. The first-order valence-electron chi connectivity index (χ1n) is 5.09. The molecule has 2 aromatic rings. The van der Waals surface area contributed by atoms with Crippen molar-refractivity contribution in [3.63, 3.8) is 0 Å². The fourth-order valence-electron chi connectivity index (χ4n) is 1.42. The zero-order valence-electron chi connectivity index (χ0n) is 9.24. The quantitative estimate of drug-likeness (QED) is 0.472. The highest BCUT2D eigenvalue weighted by molar-refractivity contribution is 7.09. The molecule has 0 fully saturated rings. The third kappa shape index (κ3) is 2.72. The molecule has 6 heteroatoms. The number of benzene rings is 1. The van der Waals surface area contributed by atoms with Gasteiger partial charge in [0.05, 0.1) is 10.5 Å². The average molecular weight is 263 g/mol. The molecule has 0 N–H and O–H groups in total. The van der Waals surface area contributed by atoms with Gasteiger partial charge in [0.2, 0.25) is 0 Å². The number of hydrogen-bond acceptors (Lipinski definition) is 5. The molecule has 0 aliphatic heterocycles. The molecule has 0 saturated heterocycles. The van der Waals surface area contributed by atoms with Gasteiger partial charge in [0.25, 0.3) is 5.69 Å². The molecule has 18 heavy (non-hydrogen) atoms.